The van der Waals surface area contributed by atoms with Crippen molar-refractivity contribution >= 4 is 14.3 Å². The van der Waals surface area contributed by atoms with Crippen molar-refractivity contribution < 1.29 is 33.3 Å². The van der Waals surface area contributed by atoms with Gasteiger partial charge >= 0.3 is 5.97 Å². The highest BCUT2D eigenvalue weighted by Gasteiger charge is 2.44. The van der Waals surface area contributed by atoms with Crippen LogP contribution in [0.3, 0.4) is 0 Å². The Balaban J connectivity index is 1.86. The van der Waals surface area contributed by atoms with Crippen molar-refractivity contribution in [3.8, 4) is 11.8 Å². The van der Waals surface area contributed by atoms with E-state index in [1.54, 1.807) is 0 Å². The summed E-state index contributed by atoms with van der Waals surface area (Å²) in [6.45, 7) is 13.4. The van der Waals surface area contributed by atoms with Crippen molar-refractivity contribution in [2.75, 3.05) is 7.11 Å². The third-order valence-electron chi connectivity index (χ3n) is 7.77. The summed E-state index contributed by atoms with van der Waals surface area (Å²) in [5, 5.41) is 11.4. The van der Waals surface area contributed by atoms with Crippen LogP contribution in [0.25, 0.3) is 0 Å². The molecule has 0 amide bonds. The van der Waals surface area contributed by atoms with Crippen molar-refractivity contribution in [1.82, 2.24) is 0 Å². The van der Waals surface area contributed by atoms with Gasteiger partial charge in [0.05, 0.1) is 39.0 Å². The van der Waals surface area contributed by atoms with E-state index in [1.165, 1.54) is 7.11 Å². The normalized spacial score (nSPS) is 22.7. The highest BCUT2D eigenvalue weighted by atomic mass is 28.4. The zero-order valence-corrected chi connectivity index (χ0v) is 26.5. The zero-order valence-electron chi connectivity index (χ0n) is 25.5. The lowest BCUT2D eigenvalue weighted by Gasteiger charge is -2.42. The first-order chi connectivity index (χ1) is 19.4. The smallest absolute Gasteiger partial charge is 0.308 e. The molecule has 8 heteroatoms. The van der Waals surface area contributed by atoms with Crippen LogP contribution < -0.4 is 0 Å². The fourth-order valence-corrected chi connectivity index (χ4v) is 5.75. The van der Waals surface area contributed by atoms with Crippen LogP contribution >= 0.6 is 0 Å². The molecule has 7 nitrogen and oxygen atoms in total. The molecule has 224 valence electrons. The Morgan fingerprint density at radius 1 is 1.00 bits per heavy atom. The Morgan fingerprint density at radius 3 is 2.10 bits per heavy atom. The minimum Gasteiger partial charge on any atom is -0.469 e. The van der Waals surface area contributed by atoms with E-state index in [0.717, 1.165) is 11.1 Å². The summed E-state index contributed by atoms with van der Waals surface area (Å²) in [5.41, 5.74) is 2.00. The number of hydrogen-bond donors (Lipinski definition) is 1. The number of carbonyl (C=O) groups is 1. The average Bonchev–Trinajstić information content (AvgIpc) is 2.94. The van der Waals surface area contributed by atoms with Gasteiger partial charge in [-0.05, 0) is 36.2 Å². The van der Waals surface area contributed by atoms with Crippen LogP contribution in [-0.2, 0) is 41.4 Å². The molecule has 1 saturated heterocycles. The lowest BCUT2D eigenvalue weighted by atomic mass is 9.92. The van der Waals surface area contributed by atoms with Gasteiger partial charge < -0.3 is 28.5 Å². The summed E-state index contributed by atoms with van der Waals surface area (Å²) in [5.74, 6) is 5.66. The maximum Gasteiger partial charge on any atom is 0.308 e. The molecule has 41 heavy (non-hydrogen) atoms. The summed E-state index contributed by atoms with van der Waals surface area (Å²) in [4.78, 5) is 12.2. The van der Waals surface area contributed by atoms with Gasteiger partial charge in [0.15, 0.2) is 8.32 Å². The fraction of sp³-hybridized carbons (Fsp3) is 0.545. The van der Waals surface area contributed by atoms with Gasteiger partial charge in [-0.15, -0.1) is 0 Å². The van der Waals surface area contributed by atoms with Crippen molar-refractivity contribution in [2.24, 2.45) is 0 Å². The maximum atomic E-state index is 12.2. The molecule has 0 saturated carbocycles. The zero-order chi connectivity index (χ0) is 30.0. The van der Waals surface area contributed by atoms with Gasteiger partial charge in [0.25, 0.3) is 0 Å². The molecular weight excluding hydrogens is 536 g/mol. The second-order valence-electron chi connectivity index (χ2n) is 12.1. The van der Waals surface area contributed by atoms with E-state index in [1.807, 2.05) is 67.6 Å². The molecule has 3 rings (SSSR count). The van der Waals surface area contributed by atoms with E-state index in [2.05, 4.69) is 45.7 Å². The molecule has 1 N–H and O–H groups in total. The summed E-state index contributed by atoms with van der Waals surface area (Å²) < 4.78 is 30.4. The van der Waals surface area contributed by atoms with Gasteiger partial charge in [-0.1, -0.05) is 93.3 Å². The van der Waals surface area contributed by atoms with Crippen LogP contribution in [0.2, 0.25) is 18.1 Å². The van der Waals surface area contributed by atoms with E-state index in [-0.39, 0.29) is 17.6 Å². The molecule has 2 aromatic rings. The first-order valence-electron chi connectivity index (χ1n) is 14.3. The number of esters is 1. The van der Waals surface area contributed by atoms with Crippen LogP contribution in [-0.4, -0.2) is 63.1 Å². The van der Waals surface area contributed by atoms with Crippen LogP contribution in [0.1, 0.15) is 51.7 Å². The molecule has 1 heterocycles. The average molecular weight is 583 g/mol. The molecule has 0 aromatic heterocycles. The van der Waals surface area contributed by atoms with Crippen molar-refractivity contribution in [1.29, 1.82) is 0 Å². The SMILES string of the molecule is COC(=O)C[C@@H]1C[C@H](OCc2ccccc2)[C@@H](OCc2ccccc2)[C@H]([C@@H](O)C#C[C@@H](C)O[Si](C)(C)C(C)(C)C)O1. The van der Waals surface area contributed by atoms with Crippen molar-refractivity contribution in [2.45, 2.75) is 109 Å². The second-order valence-corrected chi connectivity index (χ2v) is 16.8. The number of carbonyl (C=O) groups excluding carboxylic acids is 1. The lowest BCUT2D eigenvalue weighted by Crippen LogP contribution is -2.55. The molecule has 1 aliphatic rings. The monoisotopic (exact) mass is 582 g/mol. The number of aliphatic hydroxyl groups excluding tert-OH is 1. The van der Waals surface area contributed by atoms with Gasteiger partial charge in [0.2, 0.25) is 0 Å². The standard InChI is InChI=1S/C33H46O7Si/c1-24(40-41(6,7)33(2,3)4)18-19-28(34)31-32(38-23-26-16-12-9-13-17-26)29(20-27(39-31)21-30(35)36-5)37-22-25-14-10-8-11-15-25/h8-17,24,27-29,31-32,34H,20-23H2,1-7H3/t24-,27+,28+,29+,31+,32-/m1/s1. The third kappa shape index (κ3) is 10.1. The Labute approximate surface area is 246 Å². The Morgan fingerprint density at radius 2 is 1.56 bits per heavy atom. The van der Waals surface area contributed by atoms with Gasteiger partial charge in [-0.3, -0.25) is 4.79 Å². The van der Waals surface area contributed by atoms with Gasteiger partial charge in [-0.25, -0.2) is 0 Å². The van der Waals surface area contributed by atoms with E-state index < -0.39 is 44.8 Å². The topological polar surface area (TPSA) is 83.5 Å². The van der Waals surface area contributed by atoms with Gasteiger partial charge in [0, 0.05) is 6.42 Å². The largest absolute Gasteiger partial charge is 0.469 e. The molecule has 0 aliphatic carbocycles. The van der Waals surface area contributed by atoms with Crippen LogP contribution in [0.15, 0.2) is 60.7 Å². The quantitative estimate of drug-likeness (QED) is 0.208. The van der Waals surface area contributed by atoms with Crippen LogP contribution in [0.5, 0.6) is 0 Å². The number of rotatable bonds is 11. The summed E-state index contributed by atoms with van der Waals surface area (Å²) in [6.07, 6.45) is -3.58. The Bertz CT molecular complexity index is 1140. The fourth-order valence-electron chi connectivity index (χ4n) is 4.46. The maximum absolute atomic E-state index is 12.2. The van der Waals surface area contributed by atoms with Gasteiger partial charge in [0.1, 0.15) is 24.4 Å². The third-order valence-corrected chi connectivity index (χ3v) is 12.3. The van der Waals surface area contributed by atoms with E-state index >= 15 is 0 Å². The summed E-state index contributed by atoms with van der Waals surface area (Å²) >= 11 is 0. The Hall–Kier alpha value is -2.51. The predicted molar refractivity (Wildman–Crippen MR) is 161 cm³/mol. The summed E-state index contributed by atoms with van der Waals surface area (Å²) in [7, 11) is -0.693. The molecule has 0 radical (unpaired) electrons. The van der Waals surface area contributed by atoms with E-state index in [4.69, 9.17) is 23.4 Å². The van der Waals surface area contributed by atoms with Crippen molar-refractivity contribution in [3.05, 3.63) is 71.8 Å². The second kappa shape index (κ2) is 15.1. The van der Waals surface area contributed by atoms with E-state index in [9.17, 15) is 9.90 Å². The minimum absolute atomic E-state index is 0.0363. The summed E-state index contributed by atoms with van der Waals surface area (Å²) in [6, 6.07) is 19.7. The lowest BCUT2D eigenvalue weighted by molar-refractivity contribution is -0.225. The number of methoxy groups -OCH3 is 1. The first-order valence-corrected chi connectivity index (χ1v) is 17.2. The van der Waals surface area contributed by atoms with Crippen molar-refractivity contribution in [3.63, 3.8) is 0 Å². The number of aliphatic hydroxyl groups is 1. The highest BCUT2D eigenvalue weighted by Crippen LogP contribution is 2.37. The van der Waals surface area contributed by atoms with E-state index in [0.29, 0.717) is 19.6 Å². The number of ether oxygens (including phenoxy) is 4. The first kappa shape index (κ1) is 33.0. The minimum atomic E-state index is -2.04. The predicted octanol–water partition coefficient (Wildman–Crippen LogP) is 5.65. The van der Waals surface area contributed by atoms with Gasteiger partial charge in [-0.2, -0.15) is 0 Å². The Kier molecular flexibility index (Phi) is 12.2. The molecule has 2 aromatic carbocycles. The highest BCUT2D eigenvalue weighted by molar-refractivity contribution is 6.74. The number of benzene rings is 2. The molecule has 6 atom stereocenters. The molecule has 1 aliphatic heterocycles. The molecule has 0 spiro atoms. The van der Waals surface area contributed by atoms with Crippen LogP contribution in [0.4, 0.5) is 0 Å². The molecule has 0 bridgehead atoms. The molecule has 0 unspecified atom stereocenters. The number of hydrogen-bond acceptors (Lipinski definition) is 7. The van der Waals surface area contributed by atoms with Crippen LogP contribution in [0, 0.1) is 11.8 Å². The molecular formula is C33H46O7Si. The molecule has 1 fully saturated rings.